The third kappa shape index (κ3) is 6.91. The molecule has 0 unspecified atom stereocenters. The van der Waals surface area contributed by atoms with Crippen LogP contribution in [0.5, 0.6) is 0 Å². The summed E-state index contributed by atoms with van der Waals surface area (Å²) in [5.41, 5.74) is 8.59. The van der Waals surface area contributed by atoms with Gasteiger partial charge in [0.05, 0.1) is 30.0 Å². The van der Waals surface area contributed by atoms with E-state index in [1.807, 2.05) is 46.8 Å². The van der Waals surface area contributed by atoms with E-state index in [1.165, 1.54) is 16.7 Å². The minimum atomic E-state index is -0.852. The van der Waals surface area contributed by atoms with Crippen molar-refractivity contribution >= 4 is 12.0 Å². The Kier molecular flexibility index (Phi) is 8.03. The number of hydrogen-bond acceptors (Lipinski definition) is 5. The lowest BCUT2D eigenvalue weighted by atomic mass is 9.87. The van der Waals surface area contributed by atoms with Crippen molar-refractivity contribution in [3.63, 3.8) is 0 Å². The lowest BCUT2D eigenvalue weighted by Crippen LogP contribution is -2.45. The molecule has 0 radical (unpaired) electrons. The third-order valence-corrected chi connectivity index (χ3v) is 8.28. The van der Waals surface area contributed by atoms with E-state index >= 15 is 0 Å². The molecular formula is C37H42FNO4. The van der Waals surface area contributed by atoms with E-state index in [2.05, 4.69) is 36.4 Å². The molecule has 2 fully saturated rings. The Morgan fingerprint density at radius 2 is 1.81 bits per heavy atom. The van der Waals surface area contributed by atoms with E-state index in [1.54, 1.807) is 12.1 Å². The highest BCUT2D eigenvalue weighted by atomic mass is 19.1. The van der Waals surface area contributed by atoms with Gasteiger partial charge in [0.15, 0.2) is 5.79 Å². The zero-order valence-corrected chi connectivity index (χ0v) is 25.9. The fraction of sp³-hybridized carbons (Fsp3) is 0.459. The van der Waals surface area contributed by atoms with Gasteiger partial charge in [-0.2, -0.15) is 0 Å². The summed E-state index contributed by atoms with van der Waals surface area (Å²) in [5, 5.41) is 0. The van der Waals surface area contributed by atoms with Crippen LogP contribution in [0.1, 0.15) is 95.0 Å². The molecule has 2 atom stereocenters. The van der Waals surface area contributed by atoms with Gasteiger partial charge in [-0.15, -0.1) is 0 Å². The van der Waals surface area contributed by atoms with Crippen molar-refractivity contribution in [2.24, 2.45) is 0 Å². The molecule has 1 saturated heterocycles. The lowest BCUT2D eigenvalue weighted by molar-refractivity contribution is -0.290. The minimum Gasteiger partial charge on any atom is -0.460 e. The Morgan fingerprint density at radius 1 is 1.07 bits per heavy atom. The topological polar surface area (TPSA) is 57.7 Å². The second kappa shape index (κ2) is 11.6. The smallest absolute Gasteiger partial charge is 0.308 e. The average Bonchev–Trinajstić information content (AvgIpc) is 3.77. The molecule has 1 saturated carbocycles. The highest BCUT2D eigenvalue weighted by molar-refractivity contribution is 5.86. The van der Waals surface area contributed by atoms with Gasteiger partial charge >= 0.3 is 5.97 Å². The average molecular weight is 584 g/mol. The van der Waals surface area contributed by atoms with Gasteiger partial charge in [-0.05, 0) is 101 Å². The van der Waals surface area contributed by atoms with Crippen molar-refractivity contribution in [3.8, 4) is 22.4 Å². The molecule has 43 heavy (non-hydrogen) atoms. The van der Waals surface area contributed by atoms with E-state index in [-0.39, 0.29) is 30.4 Å². The van der Waals surface area contributed by atoms with Crippen LogP contribution in [0.25, 0.3) is 28.5 Å². The molecule has 6 rings (SSSR count). The molecule has 3 aromatic rings. The molecule has 3 aliphatic rings. The van der Waals surface area contributed by atoms with Gasteiger partial charge in [0.1, 0.15) is 11.4 Å². The zero-order valence-electron chi connectivity index (χ0n) is 25.9. The quantitative estimate of drug-likeness (QED) is 0.272. The molecule has 5 nitrogen and oxygen atoms in total. The molecule has 0 amide bonds. The number of hydrogen-bond donors (Lipinski definition) is 0. The highest BCUT2D eigenvalue weighted by Crippen LogP contribution is 2.48. The van der Waals surface area contributed by atoms with Crippen LogP contribution in [0.3, 0.4) is 0 Å². The van der Waals surface area contributed by atoms with Gasteiger partial charge in [0, 0.05) is 23.5 Å². The van der Waals surface area contributed by atoms with Gasteiger partial charge in [-0.1, -0.05) is 48.6 Å². The van der Waals surface area contributed by atoms with Crippen LogP contribution in [-0.2, 0) is 31.8 Å². The van der Waals surface area contributed by atoms with Crippen LogP contribution in [0, 0.1) is 5.82 Å². The van der Waals surface area contributed by atoms with Crippen LogP contribution in [0.15, 0.2) is 54.6 Å². The number of esters is 1. The number of pyridine rings is 1. The summed E-state index contributed by atoms with van der Waals surface area (Å²) in [5.74, 6) is -0.980. The van der Waals surface area contributed by atoms with Crippen LogP contribution < -0.4 is 0 Å². The molecule has 226 valence electrons. The summed E-state index contributed by atoms with van der Waals surface area (Å²) in [6, 6.07) is 15.5. The second-order valence-corrected chi connectivity index (χ2v) is 13.6. The van der Waals surface area contributed by atoms with Crippen LogP contribution in [0.4, 0.5) is 4.39 Å². The molecule has 1 aromatic heterocycles. The Hall–Kier alpha value is -3.35. The van der Waals surface area contributed by atoms with Crippen LogP contribution in [0.2, 0.25) is 0 Å². The largest absolute Gasteiger partial charge is 0.460 e. The van der Waals surface area contributed by atoms with E-state index in [0.29, 0.717) is 12.3 Å². The summed E-state index contributed by atoms with van der Waals surface area (Å²) in [4.78, 5) is 18.0. The van der Waals surface area contributed by atoms with Crippen molar-refractivity contribution in [1.82, 2.24) is 4.98 Å². The number of rotatable bonds is 6. The normalized spacial score (nSPS) is 21.6. The summed E-state index contributed by atoms with van der Waals surface area (Å²) < 4.78 is 32.2. The molecular weight excluding hydrogens is 541 g/mol. The van der Waals surface area contributed by atoms with E-state index in [9.17, 15) is 9.18 Å². The Morgan fingerprint density at radius 3 is 2.53 bits per heavy atom. The highest BCUT2D eigenvalue weighted by Gasteiger charge is 2.37. The molecule has 2 aliphatic carbocycles. The number of nitrogens with zero attached hydrogens (tertiary/aromatic N) is 1. The van der Waals surface area contributed by atoms with Crippen molar-refractivity contribution in [3.05, 3.63) is 82.8 Å². The molecule has 2 heterocycles. The van der Waals surface area contributed by atoms with E-state index in [0.717, 1.165) is 60.2 Å². The molecule has 2 aromatic carbocycles. The maximum atomic E-state index is 14.1. The predicted octanol–water partition coefficient (Wildman–Crippen LogP) is 8.58. The number of carbonyl (C=O) groups is 1. The summed E-state index contributed by atoms with van der Waals surface area (Å²) >= 11 is 0. The molecule has 6 heteroatoms. The lowest BCUT2D eigenvalue weighted by Gasteiger charge is -2.39. The summed E-state index contributed by atoms with van der Waals surface area (Å²) in [6.07, 6.45) is 9.52. The number of fused-ring (bicyclic) bond motifs is 3. The number of aryl methyl sites for hydroxylation is 1. The van der Waals surface area contributed by atoms with E-state index in [4.69, 9.17) is 19.2 Å². The maximum absolute atomic E-state index is 14.1. The standard InChI is InChI=1S/C37H42FNO4/c1-36(2,3)43-32(40)22-28-21-27(41-37(4,5)42-28)19-20-31-33(24-15-17-26(38)18-16-24)30-12-8-10-23-9-6-7-11-29(23)35(30)39-34(31)25-13-14-25/h6-7,9,11,15-20,25,27-28H,8,10,12-14,21-22H2,1-5H3/b20-19+/t27-,28-/m1/s1. The Balaban J connectivity index is 1.42. The fourth-order valence-corrected chi connectivity index (χ4v) is 6.50. The SMILES string of the molecule is CC(C)(C)OC(=O)C[C@H]1C[C@@H](/C=C/c2c(C3CC3)nc3c(c2-c2ccc(F)cc2)CCCc2ccccc2-3)OC(C)(C)O1. The van der Waals surface area contributed by atoms with Gasteiger partial charge in [0.2, 0.25) is 0 Å². The summed E-state index contributed by atoms with van der Waals surface area (Å²) in [6.45, 7) is 9.38. The third-order valence-electron chi connectivity index (χ3n) is 8.28. The maximum Gasteiger partial charge on any atom is 0.308 e. The van der Waals surface area contributed by atoms with Crippen LogP contribution >= 0.6 is 0 Å². The monoisotopic (exact) mass is 583 g/mol. The molecule has 0 spiro atoms. The molecule has 0 N–H and O–H groups in total. The first kappa shape index (κ1) is 29.7. The fourth-order valence-electron chi connectivity index (χ4n) is 6.50. The van der Waals surface area contributed by atoms with Gasteiger partial charge in [-0.3, -0.25) is 9.78 Å². The Labute approximate surface area is 254 Å². The number of aromatic nitrogens is 1. The minimum absolute atomic E-state index is 0.169. The van der Waals surface area contributed by atoms with Crippen molar-refractivity contribution in [1.29, 1.82) is 0 Å². The van der Waals surface area contributed by atoms with Crippen molar-refractivity contribution in [2.45, 2.75) is 109 Å². The number of halogens is 1. The first-order valence-corrected chi connectivity index (χ1v) is 15.6. The van der Waals surface area contributed by atoms with Gasteiger partial charge in [0.25, 0.3) is 0 Å². The zero-order chi connectivity index (χ0) is 30.4. The van der Waals surface area contributed by atoms with Gasteiger partial charge in [-0.25, -0.2) is 4.39 Å². The van der Waals surface area contributed by atoms with E-state index < -0.39 is 11.4 Å². The second-order valence-electron chi connectivity index (χ2n) is 13.6. The first-order chi connectivity index (χ1) is 20.5. The van der Waals surface area contributed by atoms with Gasteiger partial charge < -0.3 is 14.2 Å². The first-order valence-electron chi connectivity index (χ1n) is 15.6. The predicted molar refractivity (Wildman–Crippen MR) is 167 cm³/mol. The molecule has 0 bridgehead atoms. The van der Waals surface area contributed by atoms with Crippen LogP contribution in [-0.4, -0.2) is 34.5 Å². The number of benzene rings is 2. The summed E-state index contributed by atoms with van der Waals surface area (Å²) in [7, 11) is 0. The van der Waals surface area contributed by atoms with Crippen molar-refractivity contribution < 1.29 is 23.4 Å². The Bertz CT molecular complexity index is 1530. The number of carbonyl (C=O) groups excluding carboxylic acids is 1. The number of ether oxygens (including phenoxy) is 3. The van der Waals surface area contributed by atoms with Crippen molar-refractivity contribution in [2.75, 3.05) is 0 Å². The molecule has 1 aliphatic heterocycles.